The van der Waals surface area contributed by atoms with E-state index in [1.54, 1.807) is 36.4 Å². The largest absolute Gasteiger partial charge is 0.493 e. The Kier molecular flexibility index (Phi) is 8.06. The van der Waals surface area contributed by atoms with E-state index in [0.29, 0.717) is 28.0 Å². The first kappa shape index (κ1) is 21.5. The van der Waals surface area contributed by atoms with E-state index in [1.807, 2.05) is 6.07 Å². The summed E-state index contributed by atoms with van der Waals surface area (Å²) in [6.07, 6.45) is 7.69. The van der Waals surface area contributed by atoms with Crippen molar-refractivity contribution in [1.29, 1.82) is 0 Å². The Hall–Kier alpha value is -1.24. The van der Waals surface area contributed by atoms with Crippen LogP contribution in [0.4, 0.5) is 0 Å². The second kappa shape index (κ2) is 10.5. The Morgan fingerprint density at radius 3 is 2.54 bits per heavy atom. The molecule has 2 aromatic rings. The summed E-state index contributed by atoms with van der Waals surface area (Å²) >= 11 is 14.4. The zero-order valence-corrected chi connectivity index (χ0v) is 19.0. The number of carbonyl (C=O) groups is 1. The van der Waals surface area contributed by atoms with Gasteiger partial charge < -0.3 is 9.47 Å². The number of ether oxygens (including phenoxy) is 2. The maximum absolute atomic E-state index is 12.6. The van der Waals surface area contributed by atoms with Crippen LogP contribution in [0.3, 0.4) is 0 Å². The van der Waals surface area contributed by atoms with Gasteiger partial charge in [-0.05, 0) is 53.2 Å². The van der Waals surface area contributed by atoms with E-state index in [1.165, 1.54) is 30.1 Å². The SMILES string of the molecule is O=C1/C(=C/c2ccc(Cl)c(Cl)c2)Oc2cc(OCCCCCCCI)ccc21. The number of hydrogen-bond donors (Lipinski definition) is 0. The van der Waals surface area contributed by atoms with E-state index in [9.17, 15) is 4.79 Å². The van der Waals surface area contributed by atoms with Crippen LogP contribution in [0.1, 0.15) is 48.0 Å². The highest BCUT2D eigenvalue weighted by atomic mass is 127. The molecule has 28 heavy (non-hydrogen) atoms. The molecule has 0 atom stereocenters. The van der Waals surface area contributed by atoms with Crippen LogP contribution < -0.4 is 9.47 Å². The van der Waals surface area contributed by atoms with Gasteiger partial charge in [0.15, 0.2) is 5.76 Å². The zero-order chi connectivity index (χ0) is 19.9. The van der Waals surface area contributed by atoms with Crippen molar-refractivity contribution in [3.8, 4) is 11.5 Å². The number of fused-ring (bicyclic) bond motifs is 1. The molecule has 1 heterocycles. The number of Topliss-reactive ketones (excluding diaryl/α,β-unsaturated/α-hetero) is 1. The Balaban J connectivity index is 1.59. The van der Waals surface area contributed by atoms with Gasteiger partial charge in [0, 0.05) is 6.07 Å². The third-order valence-electron chi connectivity index (χ3n) is 4.43. The average Bonchev–Trinajstić information content (AvgIpc) is 2.99. The lowest BCUT2D eigenvalue weighted by atomic mass is 10.1. The fourth-order valence-corrected chi connectivity index (χ4v) is 3.77. The minimum atomic E-state index is -0.150. The van der Waals surface area contributed by atoms with Crippen molar-refractivity contribution in [1.82, 2.24) is 0 Å². The Bertz CT molecular complexity index is 880. The van der Waals surface area contributed by atoms with Crippen molar-refractivity contribution in [2.24, 2.45) is 0 Å². The number of alkyl halides is 1. The van der Waals surface area contributed by atoms with Gasteiger partial charge in [-0.15, -0.1) is 0 Å². The lowest BCUT2D eigenvalue weighted by Gasteiger charge is -2.07. The van der Waals surface area contributed by atoms with Crippen molar-refractivity contribution in [3.63, 3.8) is 0 Å². The molecule has 3 rings (SSSR count). The predicted molar refractivity (Wildman–Crippen MR) is 123 cm³/mol. The highest BCUT2D eigenvalue weighted by Gasteiger charge is 2.27. The number of hydrogen-bond acceptors (Lipinski definition) is 3. The fourth-order valence-electron chi connectivity index (χ4n) is 2.93. The smallest absolute Gasteiger partial charge is 0.231 e. The summed E-state index contributed by atoms with van der Waals surface area (Å²) in [6.45, 7) is 0.670. The van der Waals surface area contributed by atoms with Crippen molar-refractivity contribution in [3.05, 3.63) is 63.3 Å². The topological polar surface area (TPSA) is 35.5 Å². The number of allylic oxidation sites excluding steroid dienone is 1. The third-order valence-corrected chi connectivity index (χ3v) is 5.93. The second-order valence-electron chi connectivity index (χ2n) is 6.58. The molecule has 0 unspecified atom stereocenters. The maximum Gasteiger partial charge on any atom is 0.231 e. The van der Waals surface area contributed by atoms with Gasteiger partial charge in [-0.2, -0.15) is 0 Å². The van der Waals surface area contributed by atoms with E-state index in [4.69, 9.17) is 32.7 Å². The molecule has 0 bridgehead atoms. The van der Waals surface area contributed by atoms with Crippen LogP contribution in [0.15, 0.2) is 42.2 Å². The van der Waals surface area contributed by atoms with Gasteiger partial charge >= 0.3 is 0 Å². The molecule has 0 N–H and O–H groups in total. The number of rotatable bonds is 9. The van der Waals surface area contributed by atoms with Gasteiger partial charge in [0.05, 0.1) is 22.2 Å². The lowest BCUT2D eigenvalue weighted by Crippen LogP contribution is -1.98. The van der Waals surface area contributed by atoms with Crippen molar-refractivity contribution in [2.45, 2.75) is 32.1 Å². The van der Waals surface area contributed by atoms with E-state index >= 15 is 0 Å². The predicted octanol–water partition coefficient (Wildman–Crippen LogP) is 7.37. The van der Waals surface area contributed by atoms with Crippen LogP contribution >= 0.6 is 45.8 Å². The molecule has 1 aliphatic heterocycles. The Labute approximate surface area is 189 Å². The Morgan fingerprint density at radius 1 is 0.964 bits per heavy atom. The van der Waals surface area contributed by atoms with Gasteiger partial charge in [-0.1, -0.05) is 71.1 Å². The normalized spacial score (nSPS) is 14.2. The molecule has 0 saturated carbocycles. The summed E-state index contributed by atoms with van der Waals surface area (Å²) in [5.74, 6) is 1.36. The number of unbranched alkanes of at least 4 members (excludes halogenated alkanes) is 4. The molecule has 0 spiro atoms. The zero-order valence-electron chi connectivity index (χ0n) is 15.3. The van der Waals surface area contributed by atoms with E-state index in [2.05, 4.69) is 22.6 Å². The van der Waals surface area contributed by atoms with E-state index in [-0.39, 0.29) is 11.5 Å². The first-order valence-corrected chi connectivity index (χ1v) is 11.6. The quantitative estimate of drug-likeness (QED) is 0.147. The maximum atomic E-state index is 12.6. The van der Waals surface area contributed by atoms with Gasteiger partial charge in [-0.3, -0.25) is 4.79 Å². The second-order valence-corrected chi connectivity index (χ2v) is 8.47. The minimum Gasteiger partial charge on any atom is -0.493 e. The first-order valence-electron chi connectivity index (χ1n) is 9.30. The summed E-state index contributed by atoms with van der Waals surface area (Å²) in [6, 6.07) is 10.5. The summed E-state index contributed by atoms with van der Waals surface area (Å²) in [5.41, 5.74) is 1.29. The molecule has 0 amide bonds. The summed E-state index contributed by atoms with van der Waals surface area (Å²) in [5, 5.41) is 0.904. The molecule has 0 fully saturated rings. The van der Waals surface area contributed by atoms with Crippen LogP contribution in [0.25, 0.3) is 6.08 Å². The number of ketones is 1. The molecule has 6 heteroatoms. The molecule has 148 valence electrons. The average molecular weight is 531 g/mol. The molecular weight excluding hydrogens is 510 g/mol. The van der Waals surface area contributed by atoms with E-state index in [0.717, 1.165) is 17.7 Å². The minimum absolute atomic E-state index is 0.150. The molecule has 0 saturated heterocycles. The van der Waals surface area contributed by atoms with E-state index < -0.39 is 0 Å². The van der Waals surface area contributed by atoms with Crippen molar-refractivity contribution >= 4 is 57.7 Å². The molecule has 0 radical (unpaired) electrons. The van der Waals surface area contributed by atoms with Gasteiger partial charge in [0.2, 0.25) is 5.78 Å². The summed E-state index contributed by atoms with van der Waals surface area (Å²) in [7, 11) is 0. The van der Waals surface area contributed by atoms with Gasteiger partial charge in [-0.25, -0.2) is 0 Å². The van der Waals surface area contributed by atoms with Gasteiger partial charge in [0.25, 0.3) is 0 Å². The van der Waals surface area contributed by atoms with Crippen LogP contribution in [-0.2, 0) is 0 Å². The van der Waals surface area contributed by atoms with Crippen LogP contribution in [0.2, 0.25) is 10.0 Å². The number of carbonyl (C=O) groups excluding carboxylic acids is 1. The third kappa shape index (κ3) is 5.65. The summed E-state index contributed by atoms with van der Waals surface area (Å²) in [4.78, 5) is 12.6. The Morgan fingerprint density at radius 2 is 1.75 bits per heavy atom. The van der Waals surface area contributed by atoms with Crippen molar-refractivity contribution in [2.75, 3.05) is 11.0 Å². The monoisotopic (exact) mass is 530 g/mol. The van der Waals surface area contributed by atoms with Crippen LogP contribution in [0.5, 0.6) is 11.5 Å². The van der Waals surface area contributed by atoms with Gasteiger partial charge in [0.1, 0.15) is 11.5 Å². The molecular formula is C22H21Cl2IO3. The van der Waals surface area contributed by atoms with Crippen LogP contribution in [0, 0.1) is 0 Å². The fraction of sp³-hybridized carbons (Fsp3) is 0.318. The molecule has 1 aliphatic rings. The lowest BCUT2D eigenvalue weighted by molar-refractivity contribution is 0.101. The van der Waals surface area contributed by atoms with Crippen LogP contribution in [-0.4, -0.2) is 16.8 Å². The molecule has 0 aromatic heterocycles. The number of halogens is 3. The molecule has 2 aromatic carbocycles. The summed E-state index contributed by atoms with van der Waals surface area (Å²) < 4.78 is 12.8. The van der Waals surface area contributed by atoms with Crippen molar-refractivity contribution < 1.29 is 14.3 Å². The highest BCUT2D eigenvalue weighted by Crippen LogP contribution is 2.35. The first-order chi connectivity index (χ1) is 13.6. The highest BCUT2D eigenvalue weighted by molar-refractivity contribution is 14.1. The molecule has 3 nitrogen and oxygen atoms in total. The molecule has 0 aliphatic carbocycles. The standard InChI is InChI=1S/C22H21Cl2IO3/c23-18-9-6-15(12-19(18)24)13-21-22(26)17-8-7-16(14-20(17)28-21)27-11-5-3-1-2-4-10-25/h6-9,12-14H,1-5,10-11H2/b21-13-. The number of benzene rings is 2.